The van der Waals surface area contributed by atoms with E-state index in [0.717, 1.165) is 172 Å². The van der Waals surface area contributed by atoms with Gasteiger partial charge in [0.2, 0.25) is 0 Å². The van der Waals surface area contributed by atoms with Crippen LogP contribution in [0.15, 0.2) is 449 Å². The summed E-state index contributed by atoms with van der Waals surface area (Å²) in [5.41, 5.74) is 27.0. The molecule has 18 aromatic carbocycles. The van der Waals surface area contributed by atoms with Crippen LogP contribution in [0.2, 0.25) is 0 Å². The molecular weight excluding hydrogens is 1490 g/mol. The van der Waals surface area contributed by atoms with Crippen LogP contribution in [-0.2, 0) is 0 Å². The highest BCUT2D eigenvalue weighted by Gasteiger charge is 2.25. The van der Waals surface area contributed by atoms with Crippen molar-refractivity contribution in [1.82, 2.24) is 39.0 Å². The summed E-state index contributed by atoms with van der Waals surface area (Å²) in [7, 11) is 0. The average molecular weight is 1560 g/mol. The van der Waals surface area contributed by atoms with Crippen LogP contribution < -0.4 is 9.80 Å². The van der Waals surface area contributed by atoms with Crippen LogP contribution in [0.1, 0.15) is 0 Å². The van der Waals surface area contributed by atoms with Gasteiger partial charge in [-0.05, 0) is 208 Å². The zero-order valence-corrected chi connectivity index (χ0v) is 66.2. The van der Waals surface area contributed by atoms with Crippen LogP contribution in [0.25, 0.3) is 179 Å². The molecule has 0 aliphatic heterocycles. The van der Waals surface area contributed by atoms with Crippen molar-refractivity contribution in [3.8, 4) is 124 Å². The summed E-state index contributed by atoms with van der Waals surface area (Å²) < 4.78 is 4.77. The van der Waals surface area contributed by atoms with Gasteiger partial charge in [0.05, 0.1) is 27.8 Å². The van der Waals surface area contributed by atoms with Gasteiger partial charge in [-0.25, -0.2) is 29.9 Å². The lowest BCUT2D eigenvalue weighted by molar-refractivity contribution is 1.07. The highest BCUT2D eigenvalue weighted by molar-refractivity contribution is 6.14. The van der Waals surface area contributed by atoms with E-state index < -0.39 is 0 Å². The first kappa shape index (κ1) is 71.9. The SMILES string of the molecule is c1ccc(-c2cccc(N(c3ccccc3)c3ccc4c(c3)c3cc(-c5ccccc5)ccc3n4-c3ccc(-c4nc(-c5ccccc5)nc(-c5cccc(-c6ccc(N(c7ccccc7)c7ccc8c(c7)c7cc(-c9ccccc9)ccc7n8-c7ccc(-c8nc(-c9ccccc9)nc(-c9ccccc9)n8)cc7)c7ccccc67)c5)n4)cc3)c2)cc1. The molecule has 22 rings (SSSR count). The van der Waals surface area contributed by atoms with E-state index >= 15 is 0 Å². The molecule has 572 valence electrons. The molecule has 0 aliphatic carbocycles. The minimum atomic E-state index is 0.569. The van der Waals surface area contributed by atoms with Crippen molar-refractivity contribution in [3.05, 3.63) is 449 Å². The van der Waals surface area contributed by atoms with Gasteiger partial charge in [0.25, 0.3) is 0 Å². The molecule has 4 heterocycles. The Kier molecular flexibility index (Phi) is 18.4. The first-order valence-corrected chi connectivity index (χ1v) is 41.1. The van der Waals surface area contributed by atoms with Crippen LogP contribution in [0.3, 0.4) is 0 Å². The minimum Gasteiger partial charge on any atom is -0.310 e. The van der Waals surface area contributed by atoms with Gasteiger partial charge in [-0.15, -0.1) is 0 Å². The Morgan fingerprint density at radius 3 is 0.877 bits per heavy atom. The Hall–Kier alpha value is -16.6. The van der Waals surface area contributed by atoms with Gasteiger partial charge < -0.3 is 18.9 Å². The second-order valence-electron chi connectivity index (χ2n) is 30.6. The number of rotatable bonds is 18. The summed E-state index contributed by atoms with van der Waals surface area (Å²) in [5, 5.41) is 6.73. The number of hydrogen-bond donors (Lipinski definition) is 0. The Labute approximate surface area is 705 Å². The van der Waals surface area contributed by atoms with Crippen LogP contribution in [-0.4, -0.2) is 39.0 Å². The standard InChI is InChI=1S/C112H74N10/c1-9-29-75(30-10-1)83-41-28-48-92(70-83)119(88-44-21-7-22-45-88)93-61-66-105-100(73-93)98-71-84(76-31-11-2-12-32-76)55-64-103(98)121(105)90-59-53-82(54-60-90)111-116-109(80-39-19-6-20-40-80)117-112(118-111)87-43-27-42-86(69-87)95-63-68-102(97-50-26-25-49-96(95)97)120(89-46-23-8-24-47-89)94-62-67-106-101(74-94)99-72-85(77-33-13-3-14-34-77)56-65-104(99)122(106)91-57-51-81(52-58-91)110-114-107(78-35-15-4-16-36-78)113-108(115-110)79-37-17-5-18-38-79/h1-74H. The molecule has 0 atom stereocenters. The Morgan fingerprint density at radius 1 is 0.156 bits per heavy atom. The molecule has 10 heteroatoms. The van der Waals surface area contributed by atoms with Crippen molar-refractivity contribution in [1.29, 1.82) is 0 Å². The van der Waals surface area contributed by atoms with Gasteiger partial charge in [-0.1, -0.05) is 291 Å². The van der Waals surface area contributed by atoms with Crippen LogP contribution >= 0.6 is 0 Å². The molecule has 0 fully saturated rings. The third kappa shape index (κ3) is 13.5. The van der Waals surface area contributed by atoms with E-state index in [-0.39, 0.29) is 0 Å². The zero-order valence-electron chi connectivity index (χ0n) is 66.2. The Balaban J connectivity index is 0.622. The van der Waals surface area contributed by atoms with Gasteiger partial charge in [0.1, 0.15) is 0 Å². The molecule has 122 heavy (non-hydrogen) atoms. The number of nitrogens with zero attached hydrogens (tertiary/aromatic N) is 10. The third-order valence-corrected chi connectivity index (χ3v) is 23.2. The molecule has 0 unspecified atom stereocenters. The van der Waals surface area contributed by atoms with Crippen LogP contribution in [0.5, 0.6) is 0 Å². The Morgan fingerprint density at radius 2 is 0.443 bits per heavy atom. The maximum Gasteiger partial charge on any atom is 0.164 e. The van der Waals surface area contributed by atoms with Crippen LogP contribution in [0, 0.1) is 0 Å². The van der Waals surface area contributed by atoms with E-state index in [2.05, 4.69) is 389 Å². The molecule has 0 saturated heterocycles. The fourth-order valence-electron chi connectivity index (χ4n) is 17.3. The summed E-state index contributed by atoms with van der Waals surface area (Å²) in [6.45, 7) is 0. The fraction of sp³-hybridized carbons (Fsp3) is 0. The number of anilines is 6. The predicted octanol–water partition coefficient (Wildman–Crippen LogP) is 29.0. The largest absolute Gasteiger partial charge is 0.310 e. The first-order valence-electron chi connectivity index (χ1n) is 41.1. The molecule has 0 amide bonds. The summed E-state index contributed by atoms with van der Waals surface area (Å²) >= 11 is 0. The van der Waals surface area contributed by atoms with Crippen molar-refractivity contribution >= 4 is 88.5 Å². The van der Waals surface area contributed by atoms with Gasteiger partial charge in [-0.2, -0.15) is 0 Å². The zero-order chi connectivity index (χ0) is 80.8. The predicted molar refractivity (Wildman–Crippen MR) is 503 cm³/mol. The molecule has 0 N–H and O–H groups in total. The first-order chi connectivity index (χ1) is 60.5. The quantitative estimate of drug-likeness (QED) is 0.0839. The number of para-hydroxylation sites is 2. The van der Waals surface area contributed by atoms with Crippen molar-refractivity contribution < 1.29 is 0 Å². The second-order valence-corrected chi connectivity index (χ2v) is 30.6. The number of fused-ring (bicyclic) bond motifs is 7. The molecule has 22 aromatic rings. The number of benzene rings is 18. The second kappa shape index (κ2) is 31.1. The van der Waals surface area contributed by atoms with E-state index in [1.807, 2.05) is 78.9 Å². The average Bonchev–Trinajstić information content (AvgIpc) is 1.61. The number of hydrogen-bond acceptors (Lipinski definition) is 8. The highest BCUT2D eigenvalue weighted by atomic mass is 15.2. The lowest BCUT2D eigenvalue weighted by Gasteiger charge is -2.27. The topological polar surface area (TPSA) is 93.7 Å². The van der Waals surface area contributed by atoms with E-state index in [1.54, 1.807) is 0 Å². The van der Waals surface area contributed by atoms with Gasteiger partial charge in [0.15, 0.2) is 34.9 Å². The summed E-state index contributed by atoms with van der Waals surface area (Å²) in [6.07, 6.45) is 0. The van der Waals surface area contributed by atoms with Crippen LogP contribution in [0.4, 0.5) is 34.1 Å². The maximum absolute atomic E-state index is 5.40. The van der Waals surface area contributed by atoms with E-state index in [9.17, 15) is 0 Å². The normalized spacial score (nSPS) is 11.4. The number of aromatic nitrogens is 8. The molecule has 0 aliphatic rings. The smallest absolute Gasteiger partial charge is 0.164 e. The van der Waals surface area contributed by atoms with E-state index in [1.165, 1.54) is 5.56 Å². The summed E-state index contributed by atoms with van der Waals surface area (Å²) in [5.74, 6) is 3.56. The summed E-state index contributed by atoms with van der Waals surface area (Å²) in [4.78, 5) is 35.9. The van der Waals surface area contributed by atoms with Crippen molar-refractivity contribution in [2.45, 2.75) is 0 Å². The Bertz CT molecular complexity index is 7580. The fourth-order valence-corrected chi connectivity index (χ4v) is 17.3. The van der Waals surface area contributed by atoms with E-state index in [4.69, 9.17) is 29.9 Å². The maximum atomic E-state index is 5.40. The minimum absolute atomic E-state index is 0.569. The lowest BCUT2D eigenvalue weighted by atomic mass is 9.95. The highest BCUT2D eigenvalue weighted by Crippen LogP contribution is 2.47. The monoisotopic (exact) mass is 1560 g/mol. The molecule has 10 nitrogen and oxygen atoms in total. The molecule has 0 radical (unpaired) electrons. The van der Waals surface area contributed by atoms with Gasteiger partial charge in [0, 0.05) is 100 Å². The van der Waals surface area contributed by atoms with Gasteiger partial charge in [-0.3, -0.25) is 0 Å². The molecule has 0 spiro atoms. The summed E-state index contributed by atoms with van der Waals surface area (Å²) in [6, 6.07) is 159. The van der Waals surface area contributed by atoms with Gasteiger partial charge >= 0.3 is 0 Å². The van der Waals surface area contributed by atoms with E-state index in [0.29, 0.717) is 34.9 Å². The third-order valence-electron chi connectivity index (χ3n) is 23.2. The van der Waals surface area contributed by atoms with Crippen molar-refractivity contribution in [2.24, 2.45) is 0 Å². The molecule has 0 bridgehead atoms. The van der Waals surface area contributed by atoms with Crippen molar-refractivity contribution in [2.75, 3.05) is 9.80 Å². The molecular formula is C112H74N10. The lowest BCUT2D eigenvalue weighted by Crippen LogP contribution is -2.10. The molecule has 4 aromatic heterocycles. The van der Waals surface area contributed by atoms with Crippen molar-refractivity contribution in [3.63, 3.8) is 0 Å². The molecule has 0 saturated carbocycles.